The van der Waals surface area contributed by atoms with Gasteiger partial charge in [0.25, 0.3) is 0 Å². The summed E-state index contributed by atoms with van der Waals surface area (Å²) < 4.78 is 0. The Morgan fingerprint density at radius 1 is 1.27 bits per heavy atom. The van der Waals surface area contributed by atoms with E-state index in [4.69, 9.17) is 14.7 Å². The first-order chi connectivity index (χ1) is 5.08. The predicted octanol–water partition coefficient (Wildman–Crippen LogP) is -0.427. The van der Waals surface area contributed by atoms with Crippen LogP contribution in [0.3, 0.4) is 0 Å². The normalized spacial score (nSPS) is 11.2. The molecule has 0 aliphatic heterocycles. The zero-order valence-corrected chi connectivity index (χ0v) is 7.03. The van der Waals surface area contributed by atoms with Crippen LogP contribution in [-0.4, -0.2) is 24.6 Å². The number of rotatable bonds is 1. The van der Waals surface area contributed by atoms with Crippen LogP contribution >= 0.6 is 6.72 Å². The molecule has 0 saturated heterocycles. The highest BCUT2D eigenvalue weighted by molar-refractivity contribution is 8.16. The van der Waals surface area contributed by atoms with E-state index < -0.39 is 6.72 Å². The van der Waals surface area contributed by atoms with Crippen LogP contribution < -0.4 is 0 Å². The fourth-order valence-corrected chi connectivity index (χ4v) is 1.96. The van der Waals surface area contributed by atoms with Crippen molar-refractivity contribution in [2.24, 2.45) is 0 Å². The highest BCUT2D eigenvalue weighted by Gasteiger charge is 2.21. The van der Waals surface area contributed by atoms with Crippen LogP contribution in [0.5, 0.6) is 0 Å². The van der Waals surface area contributed by atoms with Crippen LogP contribution in [0, 0.1) is 0 Å². The third-order valence-electron chi connectivity index (χ3n) is 0.755. The Labute approximate surface area is 66.6 Å². The molecule has 1 rings (SSSR count). The summed E-state index contributed by atoms with van der Waals surface area (Å²) >= 11 is 0. The lowest BCUT2D eigenvalue weighted by atomic mass is 10.8. The molecule has 0 saturated carbocycles. The lowest BCUT2D eigenvalue weighted by Gasteiger charge is -1.84. The Morgan fingerprint density at radius 3 is 2.45 bits per heavy atom. The van der Waals surface area contributed by atoms with Gasteiger partial charge in [0, 0.05) is 6.20 Å². The van der Waals surface area contributed by atoms with Crippen molar-refractivity contribution in [2.75, 3.05) is 0 Å². The van der Waals surface area contributed by atoms with E-state index >= 15 is 0 Å². The van der Waals surface area contributed by atoms with Gasteiger partial charge < -0.3 is 0 Å². The molecule has 1 aromatic heterocycles. The topological polar surface area (TPSA) is 86.5 Å². The molecule has 0 bridgehead atoms. The largest absolute Gasteiger partial charge is 0.523 e. The van der Waals surface area contributed by atoms with E-state index in [-0.39, 0.29) is 5.03 Å². The molecule has 0 unspecified atom stereocenters. The molecule has 0 aliphatic rings. The molecule has 7 heteroatoms. The molecule has 0 atom stereocenters. The average Bonchev–Trinajstić information content (AvgIpc) is 1.85. The summed E-state index contributed by atoms with van der Waals surface area (Å²) in [6.45, 7) is -3.82. The molecule has 60 valence electrons. The second-order valence-corrected chi connectivity index (χ2v) is 5.29. The maximum Gasteiger partial charge on any atom is 0.523 e. The van der Waals surface area contributed by atoms with Crippen molar-refractivity contribution in [3.8, 4) is 0 Å². The standard InChI is InChI=1S/C4H6N2O3PS/c7-10(8,9)11-4-3-5-1-2-6-4/h1-3,7-9H/q+1. The van der Waals surface area contributed by atoms with Crippen LogP contribution in [0.4, 0.5) is 0 Å². The molecular formula is C4H6N2O3PS+. The van der Waals surface area contributed by atoms with Gasteiger partial charge in [-0.2, -0.15) is 4.98 Å². The number of nitrogens with zero attached hydrogens (tertiary/aromatic N) is 2. The quantitative estimate of drug-likeness (QED) is 0.416. The minimum atomic E-state index is -3.82. The SMILES string of the molecule is OP(O)(O)=[S+]c1cnccn1. The Hall–Kier alpha value is -0.390. The van der Waals surface area contributed by atoms with E-state index in [1.165, 1.54) is 18.6 Å². The summed E-state index contributed by atoms with van der Waals surface area (Å²) in [5, 5.41) is 0.285. The zero-order chi connectivity index (χ0) is 8.32. The minimum absolute atomic E-state index is 0.285. The second kappa shape index (κ2) is 3.34. The summed E-state index contributed by atoms with van der Waals surface area (Å²) in [4.78, 5) is 33.1. The van der Waals surface area contributed by atoms with E-state index in [2.05, 4.69) is 9.97 Å². The maximum absolute atomic E-state index is 8.59. The molecule has 0 amide bonds. The lowest BCUT2D eigenvalue weighted by molar-refractivity contribution is 0.363. The van der Waals surface area contributed by atoms with Crippen LogP contribution in [0.2, 0.25) is 0 Å². The van der Waals surface area contributed by atoms with Gasteiger partial charge in [-0.15, -0.1) is 0 Å². The summed E-state index contributed by atoms with van der Waals surface area (Å²) in [7, 11) is 0.505. The fraction of sp³-hybridized carbons (Fsp3) is 0. The van der Waals surface area contributed by atoms with E-state index in [1.807, 2.05) is 0 Å². The number of hydrogen-bond acceptors (Lipinski definition) is 2. The molecule has 0 aromatic carbocycles. The van der Waals surface area contributed by atoms with Gasteiger partial charge in [0.15, 0.2) is 0 Å². The average molecular weight is 193 g/mol. The molecule has 0 aliphatic carbocycles. The van der Waals surface area contributed by atoms with E-state index in [9.17, 15) is 0 Å². The summed E-state index contributed by atoms with van der Waals surface area (Å²) in [6.07, 6.45) is 4.19. The second-order valence-electron chi connectivity index (χ2n) is 1.65. The van der Waals surface area contributed by atoms with Crippen LogP contribution in [0.1, 0.15) is 0 Å². The third kappa shape index (κ3) is 3.50. The number of hydrogen-bond donors (Lipinski definition) is 3. The van der Waals surface area contributed by atoms with E-state index in [0.717, 1.165) is 0 Å². The van der Waals surface area contributed by atoms with Gasteiger partial charge in [0.05, 0.1) is 6.20 Å². The lowest BCUT2D eigenvalue weighted by Crippen LogP contribution is -1.84. The molecule has 0 radical (unpaired) electrons. The van der Waals surface area contributed by atoms with Crippen molar-refractivity contribution >= 4 is 17.7 Å². The van der Waals surface area contributed by atoms with Gasteiger partial charge in [0.2, 0.25) is 0 Å². The number of aromatic nitrogens is 2. The Kier molecular flexibility index (Phi) is 2.64. The Morgan fingerprint density at radius 2 is 2.00 bits per heavy atom. The van der Waals surface area contributed by atoms with Crippen molar-refractivity contribution in [1.29, 1.82) is 0 Å². The molecule has 0 fully saturated rings. The Bertz CT molecular complexity index is 276. The highest BCUT2D eigenvalue weighted by Crippen LogP contribution is 2.32. The summed E-state index contributed by atoms with van der Waals surface area (Å²) in [5.41, 5.74) is 0. The molecule has 0 spiro atoms. The molecule has 3 N–H and O–H groups in total. The fourth-order valence-electron chi connectivity index (χ4n) is 0.458. The van der Waals surface area contributed by atoms with Gasteiger partial charge in [-0.3, -0.25) is 19.7 Å². The van der Waals surface area contributed by atoms with Crippen molar-refractivity contribution in [2.45, 2.75) is 5.03 Å². The molecule has 11 heavy (non-hydrogen) atoms. The molecule has 1 aromatic rings. The van der Waals surface area contributed by atoms with Crippen LogP contribution in [0.15, 0.2) is 23.6 Å². The zero-order valence-electron chi connectivity index (χ0n) is 5.32. The van der Waals surface area contributed by atoms with Gasteiger partial charge in [-0.1, -0.05) is 0 Å². The molecule has 1 heterocycles. The van der Waals surface area contributed by atoms with Crippen molar-refractivity contribution in [1.82, 2.24) is 9.97 Å². The van der Waals surface area contributed by atoms with Gasteiger partial charge in [-0.25, -0.2) is 0 Å². The van der Waals surface area contributed by atoms with E-state index in [1.54, 1.807) is 0 Å². The van der Waals surface area contributed by atoms with Gasteiger partial charge in [0.1, 0.15) is 6.20 Å². The van der Waals surface area contributed by atoms with Gasteiger partial charge >= 0.3 is 22.7 Å². The van der Waals surface area contributed by atoms with Gasteiger partial charge in [-0.05, 0) is 0 Å². The van der Waals surface area contributed by atoms with Crippen LogP contribution in [-0.2, 0) is 10.9 Å². The smallest absolute Gasteiger partial charge is 0.289 e. The first-order valence-electron chi connectivity index (χ1n) is 2.61. The summed E-state index contributed by atoms with van der Waals surface area (Å²) in [5.74, 6) is 0. The molecule has 5 nitrogen and oxygen atoms in total. The summed E-state index contributed by atoms with van der Waals surface area (Å²) in [6, 6.07) is 0. The molecular weight excluding hydrogens is 187 g/mol. The van der Waals surface area contributed by atoms with Crippen molar-refractivity contribution in [3.63, 3.8) is 0 Å². The first-order valence-corrected chi connectivity index (χ1v) is 5.68. The van der Waals surface area contributed by atoms with E-state index in [0.29, 0.717) is 10.9 Å². The highest BCUT2D eigenvalue weighted by atomic mass is 32.5. The third-order valence-corrected chi connectivity index (χ3v) is 2.69. The van der Waals surface area contributed by atoms with Crippen molar-refractivity contribution in [3.05, 3.63) is 18.6 Å². The first kappa shape index (κ1) is 8.70. The monoisotopic (exact) mass is 193 g/mol. The maximum atomic E-state index is 8.59. The van der Waals surface area contributed by atoms with Crippen LogP contribution in [0.25, 0.3) is 0 Å². The Balaban J connectivity index is 2.98. The minimum Gasteiger partial charge on any atom is -0.289 e. The van der Waals surface area contributed by atoms with Crippen molar-refractivity contribution < 1.29 is 14.7 Å². The predicted molar refractivity (Wildman–Crippen MR) is 41.2 cm³/mol.